The molecule has 0 spiro atoms. The summed E-state index contributed by atoms with van der Waals surface area (Å²) in [4.78, 5) is 12.5. The van der Waals surface area contributed by atoms with Crippen molar-refractivity contribution in [1.29, 1.82) is 0 Å². The van der Waals surface area contributed by atoms with E-state index in [0.717, 1.165) is 33.8 Å². The zero-order valence-electron chi connectivity index (χ0n) is 17.0. The van der Waals surface area contributed by atoms with E-state index in [-0.39, 0.29) is 18.5 Å². The van der Waals surface area contributed by atoms with Gasteiger partial charge >= 0.3 is 0 Å². The maximum absolute atomic E-state index is 12.5. The van der Waals surface area contributed by atoms with E-state index in [1.165, 1.54) is 11.8 Å². The Morgan fingerprint density at radius 2 is 1.97 bits per heavy atom. The Bertz CT molecular complexity index is 1300. The predicted octanol–water partition coefficient (Wildman–Crippen LogP) is 3.87. The fraction of sp³-hybridized carbons (Fsp3) is 0.182. The number of carbonyl (C=O) groups is 1. The van der Waals surface area contributed by atoms with Crippen LogP contribution in [0, 0.1) is 13.8 Å². The van der Waals surface area contributed by atoms with Gasteiger partial charge < -0.3 is 14.8 Å². The molecule has 5 rings (SSSR count). The molecule has 0 radical (unpaired) electrons. The van der Waals surface area contributed by atoms with Gasteiger partial charge in [-0.2, -0.15) is 9.61 Å². The summed E-state index contributed by atoms with van der Waals surface area (Å²) in [7, 11) is 0. The highest BCUT2D eigenvalue weighted by Crippen LogP contribution is 2.35. The number of amides is 1. The molecule has 31 heavy (non-hydrogen) atoms. The average Bonchev–Trinajstić information content (AvgIpc) is 3.41. The van der Waals surface area contributed by atoms with E-state index in [1.807, 2.05) is 62.4 Å². The van der Waals surface area contributed by atoms with Crippen LogP contribution < -0.4 is 14.8 Å². The lowest BCUT2D eigenvalue weighted by Crippen LogP contribution is -2.15. The fourth-order valence-corrected chi connectivity index (χ4v) is 3.96. The van der Waals surface area contributed by atoms with Crippen LogP contribution >= 0.6 is 11.8 Å². The number of rotatable bonds is 5. The Hall–Kier alpha value is -3.59. The van der Waals surface area contributed by atoms with Crippen molar-refractivity contribution in [3.05, 3.63) is 59.7 Å². The summed E-state index contributed by atoms with van der Waals surface area (Å²) in [6, 6.07) is 15.3. The van der Waals surface area contributed by atoms with Crippen molar-refractivity contribution in [2.45, 2.75) is 19.0 Å². The molecule has 1 amide bonds. The Balaban J connectivity index is 1.34. The van der Waals surface area contributed by atoms with Gasteiger partial charge in [-0.05, 0) is 61.4 Å². The van der Waals surface area contributed by atoms with Crippen molar-refractivity contribution in [3.8, 4) is 22.8 Å². The van der Waals surface area contributed by atoms with Gasteiger partial charge in [0, 0.05) is 11.3 Å². The second-order valence-electron chi connectivity index (χ2n) is 7.12. The molecular formula is C22H19N5O3S. The summed E-state index contributed by atoms with van der Waals surface area (Å²) in [5.41, 5.74) is 5.26. The number of nitrogens with one attached hydrogen (secondary N) is 1. The molecule has 0 saturated heterocycles. The summed E-state index contributed by atoms with van der Waals surface area (Å²) < 4.78 is 12.5. The molecule has 0 bridgehead atoms. The lowest BCUT2D eigenvalue weighted by molar-refractivity contribution is -0.113. The number of fused-ring (bicyclic) bond motifs is 2. The minimum absolute atomic E-state index is 0.109. The van der Waals surface area contributed by atoms with Gasteiger partial charge in [-0.1, -0.05) is 23.9 Å². The van der Waals surface area contributed by atoms with Crippen LogP contribution in [-0.4, -0.2) is 38.3 Å². The van der Waals surface area contributed by atoms with Crippen molar-refractivity contribution >= 4 is 29.0 Å². The minimum Gasteiger partial charge on any atom is -0.454 e. The second-order valence-corrected chi connectivity index (χ2v) is 8.07. The van der Waals surface area contributed by atoms with Crippen LogP contribution in [0.2, 0.25) is 0 Å². The minimum atomic E-state index is -0.109. The first-order chi connectivity index (χ1) is 15.1. The zero-order chi connectivity index (χ0) is 21.4. The number of aromatic nitrogens is 4. The maximum Gasteiger partial charge on any atom is 0.234 e. The summed E-state index contributed by atoms with van der Waals surface area (Å²) in [5.74, 6) is 1.51. The molecule has 1 N–H and O–H groups in total. The number of anilines is 1. The van der Waals surface area contributed by atoms with Gasteiger partial charge in [0.2, 0.25) is 17.9 Å². The number of benzene rings is 2. The molecule has 0 aliphatic carbocycles. The van der Waals surface area contributed by atoms with Crippen LogP contribution in [0.15, 0.2) is 53.7 Å². The molecule has 0 atom stereocenters. The Kier molecular flexibility index (Phi) is 4.95. The quantitative estimate of drug-likeness (QED) is 0.478. The van der Waals surface area contributed by atoms with Gasteiger partial charge in [0.25, 0.3) is 0 Å². The number of aryl methyl sites for hydroxylation is 1. The van der Waals surface area contributed by atoms with Gasteiger partial charge in [0.05, 0.1) is 11.4 Å². The Morgan fingerprint density at radius 1 is 1.10 bits per heavy atom. The van der Waals surface area contributed by atoms with Crippen molar-refractivity contribution in [2.75, 3.05) is 17.9 Å². The fourth-order valence-electron chi connectivity index (χ4n) is 3.27. The normalized spacial score (nSPS) is 12.3. The van der Waals surface area contributed by atoms with E-state index in [2.05, 4.69) is 20.6 Å². The predicted molar refractivity (Wildman–Crippen MR) is 118 cm³/mol. The van der Waals surface area contributed by atoms with Crippen molar-refractivity contribution < 1.29 is 14.3 Å². The maximum atomic E-state index is 12.5. The van der Waals surface area contributed by atoms with Gasteiger partial charge in [-0.15, -0.1) is 10.2 Å². The Labute approximate surface area is 182 Å². The molecule has 4 aromatic rings. The molecule has 0 saturated carbocycles. The first kappa shape index (κ1) is 19.4. The van der Waals surface area contributed by atoms with E-state index in [9.17, 15) is 4.79 Å². The molecule has 0 fully saturated rings. The average molecular weight is 433 g/mol. The molecule has 3 heterocycles. The van der Waals surface area contributed by atoms with Gasteiger partial charge in [-0.25, -0.2) is 0 Å². The van der Waals surface area contributed by atoms with Crippen LogP contribution in [-0.2, 0) is 4.79 Å². The van der Waals surface area contributed by atoms with E-state index in [1.54, 1.807) is 4.52 Å². The van der Waals surface area contributed by atoms with E-state index < -0.39 is 0 Å². The number of ether oxygens (including phenoxy) is 2. The largest absolute Gasteiger partial charge is 0.454 e. The molecular weight excluding hydrogens is 414 g/mol. The van der Waals surface area contributed by atoms with Crippen LogP contribution in [0.25, 0.3) is 16.9 Å². The van der Waals surface area contributed by atoms with Crippen molar-refractivity contribution in [2.24, 2.45) is 0 Å². The molecule has 1 aliphatic heterocycles. The Morgan fingerprint density at radius 3 is 2.87 bits per heavy atom. The van der Waals surface area contributed by atoms with Crippen LogP contribution in [0.5, 0.6) is 11.5 Å². The summed E-state index contributed by atoms with van der Waals surface area (Å²) in [6.45, 7) is 4.23. The SMILES string of the molecule is Cc1cccc(NC(=O)CSc2nnc3ccc(-c4ccc5c(c4)OCO5)nn23)c1C. The number of hydrogen-bond donors (Lipinski definition) is 1. The smallest absolute Gasteiger partial charge is 0.234 e. The number of nitrogens with zero attached hydrogens (tertiary/aromatic N) is 4. The monoisotopic (exact) mass is 433 g/mol. The third-order valence-electron chi connectivity index (χ3n) is 5.11. The van der Waals surface area contributed by atoms with Crippen molar-refractivity contribution in [1.82, 2.24) is 19.8 Å². The summed E-state index contributed by atoms with van der Waals surface area (Å²) >= 11 is 1.29. The first-order valence-corrected chi connectivity index (χ1v) is 10.7. The standard InChI is InChI=1S/C22H19N5O3S/c1-13-4-3-5-16(14(13)2)23-21(28)11-31-22-25-24-20-9-7-17(26-27(20)22)15-6-8-18-19(10-15)30-12-29-18/h3-10H,11-12H2,1-2H3,(H,23,28). The third kappa shape index (κ3) is 3.79. The van der Waals surface area contributed by atoms with Gasteiger partial charge in [0.15, 0.2) is 17.1 Å². The number of thioether (sulfide) groups is 1. The first-order valence-electron chi connectivity index (χ1n) is 9.70. The number of carbonyl (C=O) groups excluding carboxylic acids is 1. The lowest BCUT2D eigenvalue weighted by atomic mass is 10.1. The molecule has 1 aliphatic rings. The van der Waals surface area contributed by atoms with Gasteiger partial charge in [0.1, 0.15) is 0 Å². The molecule has 2 aromatic carbocycles. The third-order valence-corrected chi connectivity index (χ3v) is 6.03. The van der Waals surface area contributed by atoms with Crippen LogP contribution in [0.4, 0.5) is 5.69 Å². The molecule has 8 nitrogen and oxygen atoms in total. The summed E-state index contributed by atoms with van der Waals surface area (Å²) in [5, 5.41) is 16.5. The molecule has 9 heteroatoms. The molecule has 2 aromatic heterocycles. The van der Waals surface area contributed by atoms with Crippen molar-refractivity contribution in [3.63, 3.8) is 0 Å². The zero-order valence-corrected chi connectivity index (χ0v) is 17.8. The summed E-state index contributed by atoms with van der Waals surface area (Å²) in [6.07, 6.45) is 0. The van der Waals surface area contributed by atoms with Crippen LogP contribution in [0.1, 0.15) is 11.1 Å². The highest BCUT2D eigenvalue weighted by Gasteiger charge is 2.16. The lowest BCUT2D eigenvalue weighted by Gasteiger charge is -2.09. The molecule has 156 valence electrons. The van der Waals surface area contributed by atoms with E-state index >= 15 is 0 Å². The topological polar surface area (TPSA) is 90.6 Å². The van der Waals surface area contributed by atoms with E-state index in [0.29, 0.717) is 16.6 Å². The highest BCUT2D eigenvalue weighted by atomic mass is 32.2. The number of hydrogen-bond acceptors (Lipinski definition) is 7. The highest BCUT2D eigenvalue weighted by molar-refractivity contribution is 7.99. The van der Waals surface area contributed by atoms with Crippen LogP contribution in [0.3, 0.4) is 0 Å². The van der Waals surface area contributed by atoms with E-state index in [4.69, 9.17) is 9.47 Å². The van der Waals surface area contributed by atoms with Gasteiger partial charge in [-0.3, -0.25) is 4.79 Å². The molecule has 0 unspecified atom stereocenters. The second kappa shape index (κ2) is 7.92.